The Morgan fingerprint density at radius 1 is 1.32 bits per heavy atom. The number of unbranched alkanes of at least 4 members (excludes halogenated alkanes) is 2. The van der Waals surface area contributed by atoms with Crippen LogP contribution in [-0.2, 0) is 4.74 Å². The second kappa shape index (κ2) is 8.81. The number of hydrogen-bond acceptors (Lipinski definition) is 2. The molecule has 0 saturated carbocycles. The van der Waals surface area contributed by atoms with Crippen molar-refractivity contribution in [2.45, 2.75) is 52.1 Å². The molecule has 1 amide bonds. The molecular weight excluding hydrogens is 262 g/mol. The van der Waals surface area contributed by atoms with E-state index >= 15 is 0 Å². The van der Waals surface area contributed by atoms with E-state index in [0.717, 1.165) is 19.3 Å². The van der Waals surface area contributed by atoms with Gasteiger partial charge in [0.05, 0.1) is 10.7 Å². The largest absolute Gasteiger partial charge is 0.446 e. The van der Waals surface area contributed by atoms with Crippen LogP contribution in [0.4, 0.5) is 10.5 Å². The maximum absolute atomic E-state index is 11.8. The quantitative estimate of drug-likeness (QED) is 0.694. The summed E-state index contributed by atoms with van der Waals surface area (Å²) in [7, 11) is 0. The Hall–Kier alpha value is -1.22. The van der Waals surface area contributed by atoms with Crippen LogP contribution in [0.3, 0.4) is 0 Å². The zero-order valence-electron chi connectivity index (χ0n) is 11.6. The van der Waals surface area contributed by atoms with Gasteiger partial charge in [-0.05, 0) is 31.4 Å². The first-order valence-corrected chi connectivity index (χ1v) is 7.27. The van der Waals surface area contributed by atoms with Crippen LogP contribution in [0.25, 0.3) is 0 Å². The molecule has 0 aliphatic heterocycles. The Balaban J connectivity index is 2.43. The van der Waals surface area contributed by atoms with Gasteiger partial charge < -0.3 is 4.74 Å². The van der Waals surface area contributed by atoms with Gasteiger partial charge in [-0.1, -0.05) is 50.4 Å². The molecule has 19 heavy (non-hydrogen) atoms. The Bertz CT molecular complexity index is 395. The van der Waals surface area contributed by atoms with Gasteiger partial charge in [0.2, 0.25) is 0 Å². The molecule has 0 bridgehead atoms. The van der Waals surface area contributed by atoms with Crippen molar-refractivity contribution >= 4 is 23.4 Å². The first-order valence-electron chi connectivity index (χ1n) is 6.89. The van der Waals surface area contributed by atoms with Crippen LogP contribution in [0.2, 0.25) is 5.02 Å². The highest BCUT2D eigenvalue weighted by Gasteiger charge is 2.13. The number of halogens is 1. The van der Waals surface area contributed by atoms with Crippen LogP contribution in [0, 0.1) is 0 Å². The Kier molecular flexibility index (Phi) is 7.34. The molecule has 0 saturated heterocycles. The highest BCUT2D eigenvalue weighted by atomic mass is 35.5. The number of hydrogen-bond donors (Lipinski definition) is 1. The zero-order chi connectivity index (χ0) is 14.1. The first-order chi connectivity index (χ1) is 9.17. The van der Waals surface area contributed by atoms with E-state index in [9.17, 15) is 4.79 Å². The summed E-state index contributed by atoms with van der Waals surface area (Å²) in [6.07, 6.45) is 4.73. The van der Waals surface area contributed by atoms with E-state index < -0.39 is 6.09 Å². The molecule has 4 heteroatoms. The van der Waals surface area contributed by atoms with Gasteiger partial charge in [-0.25, -0.2) is 4.79 Å². The third-order valence-corrected chi connectivity index (χ3v) is 3.30. The van der Waals surface area contributed by atoms with Gasteiger partial charge in [0.15, 0.2) is 0 Å². The van der Waals surface area contributed by atoms with Gasteiger partial charge in [-0.15, -0.1) is 0 Å². The van der Waals surface area contributed by atoms with Gasteiger partial charge in [-0.3, -0.25) is 5.32 Å². The number of para-hydroxylation sites is 1. The monoisotopic (exact) mass is 283 g/mol. The molecule has 1 unspecified atom stereocenters. The summed E-state index contributed by atoms with van der Waals surface area (Å²) < 4.78 is 5.40. The molecule has 0 radical (unpaired) electrons. The topological polar surface area (TPSA) is 38.3 Å². The lowest BCUT2D eigenvalue weighted by Gasteiger charge is -2.16. The number of rotatable bonds is 7. The maximum Gasteiger partial charge on any atom is 0.411 e. The third kappa shape index (κ3) is 5.97. The summed E-state index contributed by atoms with van der Waals surface area (Å²) >= 11 is 5.97. The summed E-state index contributed by atoms with van der Waals surface area (Å²) in [5, 5.41) is 3.18. The smallest absolute Gasteiger partial charge is 0.411 e. The van der Waals surface area contributed by atoms with Crippen molar-refractivity contribution in [3.63, 3.8) is 0 Å². The van der Waals surface area contributed by atoms with Crippen molar-refractivity contribution in [3.8, 4) is 0 Å². The number of anilines is 1. The lowest BCUT2D eigenvalue weighted by Crippen LogP contribution is -2.22. The average Bonchev–Trinajstić information content (AvgIpc) is 2.40. The predicted molar refractivity (Wildman–Crippen MR) is 79.8 cm³/mol. The fourth-order valence-electron chi connectivity index (χ4n) is 1.82. The molecule has 0 spiro atoms. The van der Waals surface area contributed by atoms with Crippen LogP contribution in [0.15, 0.2) is 24.3 Å². The van der Waals surface area contributed by atoms with Gasteiger partial charge in [-0.2, -0.15) is 0 Å². The summed E-state index contributed by atoms with van der Waals surface area (Å²) in [5.74, 6) is 0. The van der Waals surface area contributed by atoms with E-state index in [0.29, 0.717) is 10.7 Å². The minimum atomic E-state index is -0.434. The molecule has 0 fully saturated rings. The molecule has 1 atom stereocenters. The molecule has 1 aromatic carbocycles. The third-order valence-electron chi connectivity index (χ3n) is 2.97. The fourth-order valence-corrected chi connectivity index (χ4v) is 2.00. The molecule has 0 heterocycles. The summed E-state index contributed by atoms with van der Waals surface area (Å²) in [5.41, 5.74) is 0.581. The average molecular weight is 284 g/mol. The van der Waals surface area contributed by atoms with E-state index in [1.807, 2.05) is 19.1 Å². The predicted octanol–water partition coefficient (Wildman–Crippen LogP) is 5.25. The first kappa shape index (κ1) is 15.8. The summed E-state index contributed by atoms with van der Waals surface area (Å²) in [6.45, 7) is 4.19. The van der Waals surface area contributed by atoms with Crippen LogP contribution >= 0.6 is 11.6 Å². The Labute approximate surface area is 120 Å². The standard InChI is InChI=1S/C15H22ClNO2/c1-3-5-6-9-12(4-2)19-15(18)17-14-11-8-7-10-13(14)16/h7-8,10-12H,3-6,9H2,1-2H3,(H,17,18). The van der Waals surface area contributed by atoms with Crippen molar-refractivity contribution in [2.24, 2.45) is 0 Å². The lowest BCUT2D eigenvalue weighted by molar-refractivity contribution is 0.101. The van der Waals surface area contributed by atoms with E-state index in [1.165, 1.54) is 12.8 Å². The normalized spacial score (nSPS) is 11.9. The molecule has 1 aromatic rings. The van der Waals surface area contributed by atoms with Crippen molar-refractivity contribution in [2.75, 3.05) is 5.32 Å². The van der Waals surface area contributed by atoms with Crippen molar-refractivity contribution in [1.82, 2.24) is 0 Å². The van der Waals surface area contributed by atoms with E-state index in [2.05, 4.69) is 12.2 Å². The molecule has 1 N–H and O–H groups in total. The van der Waals surface area contributed by atoms with Crippen LogP contribution in [-0.4, -0.2) is 12.2 Å². The van der Waals surface area contributed by atoms with Gasteiger partial charge >= 0.3 is 6.09 Å². The number of benzene rings is 1. The molecule has 1 rings (SSSR count). The number of nitrogens with one attached hydrogen (secondary N) is 1. The van der Waals surface area contributed by atoms with Crippen molar-refractivity contribution < 1.29 is 9.53 Å². The zero-order valence-corrected chi connectivity index (χ0v) is 12.4. The second-order valence-electron chi connectivity index (χ2n) is 4.54. The molecular formula is C15H22ClNO2. The van der Waals surface area contributed by atoms with Crippen LogP contribution in [0.1, 0.15) is 46.0 Å². The number of carbonyl (C=O) groups excluding carboxylic acids is 1. The summed E-state index contributed by atoms with van der Waals surface area (Å²) in [4.78, 5) is 11.8. The molecule has 106 valence electrons. The van der Waals surface area contributed by atoms with Gasteiger partial charge in [0.25, 0.3) is 0 Å². The Morgan fingerprint density at radius 2 is 2.05 bits per heavy atom. The lowest BCUT2D eigenvalue weighted by atomic mass is 10.1. The maximum atomic E-state index is 11.8. The fraction of sp³-hybridized carbons (Fsp3) is 0.533. The van der Waals surface area contributed by atoms with Crippen LogP contribution in [0.5, 0.6) is 0 Å². The highest BCUT2D eigenvalue weighted by Crippen LogP contribution is 2.21. The van der Waals surface area contributed by atoms with E-state index in [4.69, 9.17) is 16.3 Å². The number of carbonyl (C=O) groups is 1. The highest BCUT2D eigenvalue weighted by molar-refractivity contribution is 6.33. The van der Waals surface area contributed by atoms with Crippen molar-refractivity contribution in [3.05, 3.63) is 29.3 Å². The van der Waals surface area contributed by atoms with Gasteiger partial charge in [0.1, 0.15) is 6.10 Å². The second-order valence-corrected chi connectivity index (χ2v) is 4.94. The molecule has 0 aromatic heterocycles. The summed E-state index contributed by atoms with van der Waals surface area (Å²) in [6, 6.07) is 7.12. The molecule has 0 aliphatic rings. The molecule has 3 nitrogen and oxygen atoms in total. The minimum absolute atomic E-state index is 0.0194. The van der Waals surface area contributed by atoms with E-state index in [-0.39, 0.29) is 6.10 Å². The number of ether oxygens (including phenoxy) is 1. The van der Waals surface area contributed by atoms with Gasteiger partial charge in [0, 0.05) is 0 Å². The number of amides is 1. The SMILES string of the molecule is CCCCCC(CC)OC(=O)Nc1ccccc1Cl. The molecule has 0 aliphatic carbocycles. The minimum Gasteiger partial charge on any atom is -0.446 e. The van der Waals surface area contributed by atoms with Crippen molar-refractivity contribution in [1.29, 1.82) is 0 Å². The van der Waals surface area contributed by atoms with Crippen LogP contribution < -0.4 is 5.32 Å². The Morgan fingerprint density at radius 3 is 2.68 bits per heavy atom. The van der Waals surface area contributed by atoms with E-state index in [1.54, 1.807) is 12.1 Å².